The second-order valence-corrected chi connectivity index (χ2v) is 4.88. The zero-order valence-corrected chi connectivity index (χ0v) is 11.0. The molecule has 92 valence electrons. The predicted molar refractivity (Wildman–Crippen MR) is 74.5 cm³/mol. The van der Waals surface area contributed by atoms with Crippen molar-refractivity contribution in [3.8, 4) is 0 Å². The molecule has 2 aromatic rings. The van der Waals surface area contributed by atoms with Crippen molar-refractivity contribution in [1.29, 1.82) is 0 Å². The lowest BCUT2D eigenvalue weighted by Crippen LogP contribution is -2.03. The van der Waals surface area contributed by atoms with Crippen molar-refractivity contribution in [3.05, 3.63) is 35.0 Å². The molecule has 2 nitrogen and oxygen atoms in total. The first-order valence-electron chi connectivity index (χ1n) is 6.48. The summed E-state index contributed by atoms with van der Waals surface area (Å²) in [6.45, 7) is 7.36. The maximum Gasteiger partial charge on any atom is 0.0459 e. The maximum atomic E-state index is 5.69. The van der Waals surface area contributed by atoms with Crippen LogP contribution in [0.15, 0.2) is 18.2 Å². The van der Waals surface area contributed by atoms with Crippen LogP contribution < -0.4 is 5.73 Å². The molecule has 1 aromatic heterocycles. The molecule has 17 heavy (non-hydrogen) atoms. The fourth-order valence-electron chi connectivity index (χ4n) is 2.41. The quantitative estimate of drug-likeness (QED) is 0.829. The summed E-state index contributed by atoms with van der Waals surface area (Å²) in [6.07, 6.45) is 2.14. The van der Waals surface area contributed by atoms with Gasteiger partial charge in [0.15, 0.2) is 0 Å². The minimum atomic E-state index is 0.625. The highest BCUT2D eigenvalue weighted by molar-refractivity contribution is 5.85. The molecule has 2 rings (SSSR count). The summed E-state index contributed by atoms with van der Waals surface area (Å²) in [4.78, 5) is 3.44. The molecule has 0 amide bonds. The van der Waals surface area contributed by atoms with Crippen LogP contribution in [0.5, 0.6) is 0 Å². The van der Waals surface area contributed by atoms with Crippen LogP contribution in [0.25, 0.3) is 10.9 Å². The summed E-state index contributed by atoms with van der Waals surface area (Å²) < 4.78 is 0. The van der Waals surface area contributed by atoms with E-state index in [1.165, 1.54) is 34.1 Å². The highest BCUT2D eigenvalue weighted by atomic mass is 14.7. The average molecular weight is 230 g/mol. The summed E-state index contributed by atoms with van der Waals surface area (Å²) in [5, 5.41) is 1.35. The van der Waals surface area contributed by atoms with Crippen LogP contribution in [0.3, 0.4) is 0 Å². The summed E-state index contributed by atoms with van der Waals surface area (Å²) in [6, 6.07) is 6.76. The lowest BCUT2D eigenvalue weighted by Gasteiger charge is -2.09. The number of nitrogens with one attached hydrogen (secondary N) is 1. The molecule has 1 heterocycles. The summed E-state index contributed by atoms with van der Waals surface area (Å²) in [7, 11) is 0. The van der Waals surface area contributed by atoms with Gasteiger partial charge < -0.3 is 10.7 Å². The number of nitrogens with two attached hydrogens (primary N) is 1. The normalized spacial score (nSPS) is 13.2. The van der Waals surface area contributed by atoms with Crippen LogP contribution in [0.2, 0.25) is 0 Å². The molecule has 0 radical (unpaired) electrons. The molecular weight excluding hydrogens is 208 g/mol. The number of fused-ring (bicyclic) bond motifs is 1. The Kier molecular flexibility index (Phi) is 3.53. The molecule has 0 bridgehead atoms. The van der Waals surface area contributed by atoms with Gasteiger partial charge in [-0.1, -0.05) is 19.9 Å². The summed E-state index contributed by atoms with van der Waals surface area (Å²) in [5.74, 6) is 0.625. The summed E-state index contributed by atoms with van der Waals surface area (Å²) >= 11 is 0. The maximum absolute atomic E-state index is 5.69. The van der Waals surface area contributed by atoms with Gasteiger partial charge >= 0.3 is 0 Å². The van der Waals surface area contributed by atoms with E-state index in [1.54, 1.807) is 0 Å². The van der Waals surface area contributed by atoms with Crippen molar-refractivity contribution < 1.29 is 0 Å². The van der Waals surface area contributed by atoms with E-state index in [4.69, 9.17) is 5.73 Å². The predicted octanol–water partition coefficient (Wildman–Crippen LogP) is 3.49. The number of hydrogen-bond acceptors (Lipinski definition) is 1. The first kappa shape index (κ1) is 12.2. The fourth-order valence-corrected chi connectivity index (χ4v) is 2.41. The van der Waals surface area contributed by atoms with E-state index in [1.807, 2.05) is 0 Å². The number of aromatic nitrogens is 1. The smallest absolute Gasteiger partial charge is 0.0459 e. The van der Waals surface area contributed by atoms with E-state index in [0.717, 1.165) is 6.42 Å². The Morgan fingerprint density at radius 1 is 1.35 bits per heavy atom. The van der Waals surface area contributed by atoms with Crippen LogP contribution in [0, 0.1) is 6.92 Å². The Morgan fingerprint density at radius 3 is 2.76 bits per heavy atom. The van der Waals surface area contributed by atoms with Crippen LogP contribution >= 0.6 is 0 Å². The topological polar surface area (TPSA) is 41.8 Å². The lowest BCUT2D eigenvalue weighted by atomic mass is 9.96. The Bertz CT molecular complexity index is 511. The molecule has 0 aliphatic heterocycles. The van der Waals surface area contributed by atoms with E-state index in [9.17, 15) is 0 Å². The average Bonchev–Trinajstić information content (AvgIpc) is 2.65. The number of aromatic amines is 1. The van der Waals surface area contributed by atoms with Crippen molar-refractivity contribution in [1.82, 2.24) is 4.98 Å². The molecular formula is C15H22N2. The highest BCUT2D eigenvalue weighted by Gasteiger charge is 2.10. The second-order valence-electron chi connectivity index (χ2n) is 4.88. The van der Waals surface area contributed by atoms with Gasteiger partial charge in [-0.25, -0.2) is 0 Å². The van der Waals surface area contributed by atoms with E-state index >= 15 is 0 Å². The molecule has 0 aliphatic carbocycles. The van der Waals surface area contributed by atoms with Gasteiger partial charge in [-0.05, 0) is 55.5 Å². The van der Waals surface area contributed by atoms with E-state index in [0.29, 0.717) is 12.5 Å². The number of benzene rings is 1. The van der Waals surface area contributed by atoms with E-state index in [-0.39, 0.29) is 0 Å². The number of rotatable bonds is 4. The lowest BCUT2D eigenvalue weighted by molar-refractivity contribution is 0.734. The molecule has 0 fully saturated rings. The second kappa shape index (κ2) is 4.92. The molecule has 1 atom stereocenters. The minimum absolute atomic E-state index is 0.625. The molecule has 3 N–H and O–H groups in total. The van der Waals surface area contributed by atoms with Crippen molar-refractivity contribution >= 4 is 10.9 Å². The monoisotopic (exact) mass is 230 g/mol. The fraction of sp³-hybridized carbons (Fsp3) is 0.467. The molecule has 1 aromatic carbocycles. The van der Waals surface area contributed by atoms with Crippen LogP contribution in [-0.2, 0) is 6.42 Å². The third-order valence-corrected chi connectivity index (χ3v) is 3.72. The van der Waals surface area contributed by atoms with Gasteiger partial charge in [-0.15, -0.1) is 0 Å². The molecule has 0 aliphatic rings. The van der Waals surface area contributed by atoms with E-state index < -0.39 is 0 Å². The van der Waals surface area contributed by atoms with Crippen LogP contribution in [0.1, 0.15) is 43.0 Å². The van der Waals surface area contributed by atoms with Crippen molar-refractivity contribution in [2.24, 2.45) is 5.73 Å². The number of aryl methyl sites for hydroxylation is 1. The molecule has 0 saturated heterocycles. The summed E-state index contributed by atoms with van der Waals surface area (Å²) in [5.41, 5.74) is 11.0. The third-order valence-electron chi connectivity index (χ3n) is 3.72. The highest BCUT2D eigenvalue weighted by Crippen LogP contribution is 2.27. The Balaban J connectivity index is 2.54. The molecule has 2 heteroatoms. The van der Waals surface area contributed by atoms with Crippen LogP contribution in [0.4, 0.5) is 0 Å². The van der Waals surface area contributed by atoms with Crippen molar-refractivity contribution in [3.63, 3.8) is 0 Å². The molecule has 0 spiro atoms. The first-order valence-corrected chi connectivity index (χ1v) is 6.48. The van der Waals surface area contributed by atoms with Gasteiger partial charge in [0.1, 0.15) is 0 Å². The third kappa shape index (κ3) is 2.22. The van der Waals surface area contributed by atoms with Gasteiger partial charge in [0.25, 0.3) is 0 Å². The van der Waals surface area contributed by atoms with Crippen LogP contribution in [-0.4, -0.2) is 11.5 Å². The zero-order chi connectivity index (χ0) is 12.4. The Labute approximate surface area is 103 Å². The zero-order valence-electron chi connectivity index (χ0n) is 11.0. The molecule has 0 unspecified atom stereocenters. The van der Waals surface area contributed by atoms with Gasteiger partial charge in [-0.2, -0.15) is 0 Å². The standard InChI is InChI=1S/C15H22N2/c1-4-10(2)12-5-6-15-14(9-12)13(7-8-16)11(3)17-15/h5-6,9-10,17H,4,7-8,16H2,1-3H3/t10-/m0/s1. The van der Waals surface area contributed by atoms with Crippen molar-refractivity contribution in [2.75, 3.05) is 6.54 Å². The Morgan fingerprint density at radius 2 is 2.12 bits per heavy atom. The molecule has 0 saturated carbocycles. The van der Waals surface area contributed by atoms with Gasteiger partial charge in [0, 0.05) is 16.6 Å². The van der Waals surface area contributed by atoms with E-state index in [2.05, 4.69) is 44.0 Å². The van der Waals surface area contributed by atoms with Crippen molar-refractivity contribution in [2.45, 2.75) is 39.5 Å². The Hall–Kier alpha value is -1.28. The SMILES string of the molecule is CC[C@H](C)c1ccc2[nH]c(C)c(CCN)c2c1. The largest absolute Gasteiger partial charge is 0.358 e. The van der Waals surface area contributed by atoms with Gasteiger partial charge in [-0.3, -0.25) is 0 Å². The van der Waals surface area contributed by atoms with Gasteiger partial charge in [0.05, 0.1) is 0 Å². The minimum Gasteiger partial charge on any atom is -0.358 e. The first-order chi connectivity index (χ1) is 8.17. The number of hydrogen-bond donors (Lipinski definition) is 2. The van der Waals surface area contributed by atoms with Gasteiger partial charge in [0.2, 0.25) is 0 Å². The number of H-pyrrole nitrogens is 1.